The standard InChI is InChI=1S/C20H18N2O6S/c1-28-20(25)16-10-6-12-21(16)29(26,27)17-11-5-4-9-15(17)22-18(23)13-7-2-3-8-14(13)19(22)24/h2-5,7-9,11,16H,6,10,12H2,1H3. The van der Waals surface area contributed by atoms with Crippen molar-refractivity contribution in [1.82, 2.24) is 4.31 Å². The molecule has 150 valence electrons. The Kier molecular flexibility index (Phi) is 4.71. The van der Waals surface area contributed by atoms with Crippen LogP contribution in [0.3, 0.4) is 0 Å². The number of hydrogen-bond donors (Lipinski definition) is 0. The number of ether oxygens (including phenoxy) is 1. The Balaban J connectivity index is 1.80. The number of para-hydroxylation sites is 1. The number of anilines is 1. The summed E-state index contributed by atoms with van der Waals surface area (Å²) in [6.45, 7) is 0.151. The van der Waals surface area contributed by atoms with Crippen molar-refractivity contribution in [2.24, 2.45) is 0 Å². The number of hydrogen-bond acceptors (Lipinski definition) is 6. The summed E-state index contributed by atoms with van der Waals surface area (Å²) in [6.07, 6.45) is 0.856. The first-order valence-corrected chi connectivity index (χ1v) is 10.5. The predicted molar refractivity (Wildman–Crippen MR) is 103 cm³/mol. The van der Waals surface area contributed by atoms with Crippen molar-refractivity contribution in [2.75, 3.05) is 18.6 Å². The van der Waals surface area contributed by atoms with Crippen LogP contribution in [0.2, 0.25) is 0 Å². The Hall–Kier alpha value is -3.04. The van der Waals surface area contributed by atoms with Crippen molar-refractivity contribution in [3.63, 3.8) is 0 Å². The molecule has 2 amide bonds. The first-order chi connectivity index (χ1) is 13.9. The number of fused-ring (bicyclic) bond motifs is 1. The van der Waals surface area contributed by atoms with Crippen molar-refractivity contribution in [1.29, 1.82) is 0 Å². The second kappa shape index (κ2) is 7.09. The van der Waals surface area contributed by atoms with Gasteiger partial charge in [0.25, 0.3) is 11.8 Å². The van der Waals surface area contributed by atoms with E-state index in [0.29, 0.717) is 12.8 Å². The molecule has 2 aliphatic heterocycles. The fourth-order valence-corrected chi connectivity index (χ4v) is 5.62. The first kappa shape index (κ1) is 19.3. The number of sulfonamides is 1. The summed E-state index contributed by atoms with van der Waals surface area (Å²) in [5, 5.41) is 0. The monoisotopic (exact) mass is 414 g/mol. The minimum absolute atomic E-state index is 0.0331. The van der Waals surface area contributed by atoms with E-state index in [1.54, 1.807) is 18.2 Å². The summed E-state index contributed by atoms with van der Waals surface area (Å²) >= 11 is 0. The van der Waals surface area contributed by atoms with Crippen LogP contribution in [0.4, 0.5) is 5.69 Å². The van der Waals surface area contributed by atoms with Gasteiger partial charge in [-0.15, -0.1) is 0 Å². The molecule has 0 spiro atoms. The van der Waals surface area contributed by atoms with Crippen molar-refractivity contribution in [2.45, 2.75) is 23.8 Å². The number of carbonyl (C=O) groups is 3. The van der Waals surface area contributed by atoms with Crippen LogP contribution in [0, 0.1) is 0 Å². The Bertz CT molecular complexity index is 1090. The Labute approximate surface area is 167 Å². The molecule has 2 aliphatic rings. The van der Waals surface area contributed by atoms with Crippen LogP contribution in [0.15, 0.2) is 53.4 Å². The van der Waals surface area contributed by atoms with Crippen LogP contribution < -0.4 is 4.90 Å². The third-order valence-corrected chi connectivity index (χ3v) is 7.12. The van der Waals surface area contributed by atoms with Crippen LogP contribution >= 0.6 is 0 Å². The van der Waals surface area contributed by atoms with E-state index in [2.05, 4.69) is 0 Å². The second-order valence-corrected chi connectivity index (χ2v) is 8.61. The lowest BCUT2D eigenvalue weighted by Crippen LogP contribution is -2.42. The van der Waals surface area contributed by atoms with Gasteiger partial charge in [0.1, 0.15) is 10.9 Å². The molecular weight excluding hydrogens is 396 g/mol. The van der Waals surface area contributed by atoms with Crippen molar-refractivity contribution < 1.29 is 27.5 Å². The fourth-order valence-electron chi connectivity index (χ4n) is 3.79. The van der Waals surface area contributed by atoms with Crippen molar-refractivity contribution in [3.8, 4) is 0 Å². The number of amides is 2. The summed E-state index contributed by atoms with van der Waals surface area (Å²) < 4.78 is 32.6. The number of esters is 1. The average molecular weight is 414 g/mol. The Morgan fingerprint density at radius 1 is 1.00 bits per heavy atom. The van der Waals surface area contributed by atoms with Gasteiger partial charge in [-0.1, -0.05) is 24.3 Å². The van der Waals surface area contributed by atoms with E-state index in [1.807, 2.05) is 0 Å². The molecule has 0 N–H and O–H groups in total. The van der Waals surface area contributed by atoms with Crippen molar-refractivity contribution >= 4 is 33.5 Å². The van der Waals surface area contributed by atoms with Crippen LogP contribution in [0.5, 0.6) is 0 Å². The van der Waals surface area contributed by atoms with E-state index in [-0.39, 0.29) is 28.3 Å². The Morgan fingerprint density at radius 2 is 1.59 bits per heavy atom. The zero-order valence-electron chi connectivity index (χ0n) is 15.6. The molecule has 0 aliphatic carbocycles. The first-order valence-electron chi connectivity index (χ1n) is 9.04. The molecule has 2 aromatic rings. The lowest BCUT2D eigenvalue weighted by molar-refractivity contribution is -0.144. The molecule has 0 radical (unpaired) electrons. The molecule has 29 heavy (non-hydrogen) atoms. The fraction of sp³-hybridized carbons (Fsp3) is 0.250. The van der Waals surface area contributed by atoms with Gasteiger partial charge in [-0.25, -0.2) is 13.3 Å². The maximum atomic E-state index is 13.4. The van der Waals surface area contributed by atoms with E-state index in [1.165, 1.54) is 37.4 Å². The number of carbonyl (C=O) groups excluding carboxylic acids is 3. The summed E-state index contributed by atoms with van der Waals surface area (Å²) in [4.78, 5) is 38.4. The van der Waals surface area contributed by atoms with Gasteiger partial charge in [-0.3, -0.25) is 14.4 Å². The Morgan fingerprint density at radius 3 is 2.21 bits per heavy atom. The third kappa shape index (κ3) is 2.93. The highest BCUT2D eigenvalue weighted by molar-refractivity contribution is 7.89. The van der Waals surface area contributed by atoms with E-state index >= 15 is 0 Å². The van der Waals surface area contributed by atoms with Gasteiger partial charge < -0.3 is 4.74 Å². The number of nitrogens with zero attached hydrogens (tertiary/aromatic N) is 2. The molecule has 0 aromatic heterocycles. The third-order valence-electron chi connectivity index (χ3n) is 5.16. The maximum Gasteiger partial charge on any atom is 0.324 e. The molecule has 1 fully saturated rings. The van der Waals surface area contributed by atoms with Gasteiger partial charge in [0.2, 0.25) is 10.0 Å². The van der Waals surface area contributed by atoms with Gasteiger partial charge in [-0.05, 0) is 37.1 Å². The van der Waals surface area contributed by atoms with Gasteiger partial charge in [-0.2, -0.15) is 4.31 Å². The number of benzene rings is 2. The van der Waals surface area contributed by atoms with Crippen LogP contribution in [0.1, 0.15) is 33.6 Å². The molecular formula is C20H18N2O6S. The molecule has 1 atom stereocenters. The van der Waals surface area contributed by atoms with Crippen molar-refractivity contribution in [3.05, 3.63) is 59.7 Å². The maximum absolute atomic E-state index is 13.4. The van der Waals surface area contributed by atoms with E-state index in [0.717, 1.165) is 9.21 Å². The number of rotatable bonds is 4. The van der Waals surface area contributed by atoms with E-state index in [9.17, 15) is 22.8 Å². The largest absolute Gasteiger partial charge is 0.468 e. The SMILES string of the molecule is COC(=O)C1CCCN1S(=O)(=O)c1ccccc1N1C(=O)c2ccccc2C1=O. The highest BCUT2D eigenvalue weighted by Gasteiger charge is 2.44. The lowest BCUT2D eigenvalue weighted by Gasteiger charge is -2.25. The van der Waals surface area contributed by atoms with E-state index < -0.39 is 33.8 Å². The predicted octanol–water partition coefficient (Wildman–Crippen LogP) is 1.81. The topological polar surface area (TPSA) is 101 Å². The molecule has 2 aromatic carbocycles. The minimum atomic E-state index is -4.16. The molecule has 8 nitrogen and oxygen atoms in total. The molecule has 0 bridgehead atoms. The van der Waals surface area contributed by atoms with Gasteiger partial charge >= 0.3 is 5.97 Å². The smallest absolute Gasteiger partial charge is 0.324 e. The molecule has 2 heterocycles. The highest BCUT2D eigenvalue weighted by atomic mass is 32.2. The summed E-state index contributed by atoms with van der Waals surface area (Å²) in [6, 6.07) is 11.2. The zero-order valence-corrected chi connectivity index (χ0v) is 16.4. The second-order valence-electron chi connectivity index (χ2n) is 6.76. The molecule has 1 unspecified atom stereocenters. The summed E-state index contributed by atoms with van der Waals surface area (Å²) in [5.74, 6) is -1.80. The van der Waals surface area contributed by atoms with Crippen LogP contribution in [0.25, 0.3) is 0 Å². The molecule has 9 heteroatoms. The van der Waals surface area contributed by atoms with Crippen LogP contribution in [-0.2, 0) is 19.6 Å². The highest BCUT2D eigenvalue weighted by Crippen LogP contribution is 2.36. The summed E-state index contributed by atoms with van der Waals surface area (Å²) in [7, 11) is -2.95. The van der Waals surface area contributed by atoms with Gasteiger partial charge in [0.05, 0.1) is 23.9 Å². The van der Waals surface area contributed by atoms with Gasteiger partial charge in [0, 0.05) is 6.54 Å². The van der Waals surface area contributed by atoms with Crippen LogP contribution in [-0.4, -0.2) is 50.2 Å². The molecule has 4 rings (SSSR count). The molecule has 0 saturated carbocycles. The lowest BCUT2D eigenvalue weighted by atomic mass is 10.1. The quantitative estimate of drug-likeness (QED) is 0.559. The number of imide groups is 1. The normalized spacial score (nSPS) is 19.5. The average Bonchev–Trinajstić information content (AvgIpc) is 3.32. The number of methoxy groups -OCH3 is 1. The summed E-state index contributed by atoms with van der Waals surface area (Å²) in [5.41, 5.74) is 0.408. The van der Waals surface area contributed by atoms with E-state index in [4.69, 9.17) is 4.74 Å². The van der Waals surface area contributed by atoms with Gasteiger partial charge in [0.15, 0.2) is 0 Å². The molecule has 1 saturated heterocycles. The zero-order chi connectivity index (χ0) is 20.8. The minimum Gasteiger partial charge on any atom is -0.468 e.